The van der Waals surface area contributed by atoms with E-state index in [9.17, 15) is 4.79 Å². The molecule has 1 aliphatic rings. The number of pyridine rings is 1. The molecule has 4 rings (SSSR count). The fraction of sp³-hybridized carbons (Fsp3) is 0.353. The fourth-order valence-electron chi connectivity index (χ4n) is 2.75. The van der Waals surface area contributed by atoms with E-state index in [0.29, 0.717) is 29.6 Å². The van der Waals surface area contributed by atoms with Crippen molar-refractivity contribution in [3.63, 3.8) is 0 Å². The predicted molar refractivity (Wildman–Crippen MR) is 94.4 cm³/mol. The Labute approximate surface area is 149 Å². The van der Waals surface area contributed by atoms with Gasteiger partial charge < -0.3 is 5.32 Å². The van der Waals surface area contributed by atoms with Gasteiger partial charge in [-0.3, -0.25) is 14.5 Å². The molecule has 0 bridgehead atoms. The topological polar surface area (TPSA) is 85.6 Å². The van der Waals surface area contributed by atoms with Crippen LogP contribution in [-0.2, 0) is 6.54 Å². The molecule has 8 heteroatoms. The molecule has 1 N–H and O–H groups in total. The number of nitrogens with one attached hydrogen (secondary N) is 1. The summed E-state index contributed by atoms with van der Waals surface area (Å²) < 4.78 is 5.80. The summed E-state index contributed by atoms with van der Waals surface area (Å²) in [6, 6.07) is 7.95. The fourth-order valence-corrected chi connectivity index (χ4v) is 3.33. The van der Waals surface area contributed by atoms with Crippen LogP contribution in [0.3, 0.4) is 0 Å². The van der Waals surface area contributed by atoms with E-state index in [2.05, 4.69) is 26.0 Å². The molecule has 0 atom stereocenters. The quantitative estimate of drug-likeness (QED) is 0.735. The van der Waals surface area contributed by atoms with E-state index in [-0.39, 0.29) is 5.91 Å². The molecule has 128 valence electrons. The van der Waals surface area contributed by atoms with Crippen molar-refractivity contribution < 1.29 is 4.79 Å². The maximum Gasteiger partial charge on any atom is 0.265 e. The molecule has 3 aromatic rings. The third-order valence-electron chi connectivity index (χ3n) is 4.20. The Kier molecular flexibility index (Phi) is 4.27. The Hall–Kier alpha value is -2.61. The highest BCUT2D eigenvalue weighted by Crippen LogP contribution is 2.41. The van der Waals surface area contributed by atoms with Gasteiger partial charge >= 0.3 is 0 Å². The molecule has 1 aliphatic carbocycles. The largest absolute Gasteiger partial charge is 0.349 e. The first kappa shape index (κ1) is 15.9. The Bertz CT molecular complexity index is 884. The summed E-state index contributed by atoms with van der Waals surface area (Å²) in [5.74, 6) is 0.450. The number of nitrogens with zero attached hydrogens (tertiary/aromatic N) is 5. The minimum absolute atomic E-state index is 0.127. The summed E-state index contributed by atoms with van der Waals surface area (Å²) in [6.07, 6.45) is 4.17. The second-order valence-electron chi connectivity index (χ2n) is 6.11. The smallest absolute Gasteiger partial charge is 0.265 e. The molecule has 0 saturated heterocycles. The normalized spacial score (nSPS) is 13.8. The van der Waals surface area contributed by atoms with Crippen LogP contribution in [0.15, 0.2) is 30.5 Å². The van der Waals surface area contributed by atoms with Crippen molar-refractivity contribution in [1.29, 1.82) is 0 Å². The maximum atomic E-state index is 12.2. The third kappa shape index (κ3) is 3.43. The number of carbonyl (C=O) groups excluding carboxylic acids is 1. The van der Waals surface area contributed by atoms with Gasteiger partial charge in [-0.15, -0.1) is 5.10 Å². The van der Waals surface area contributed by atoms with Gasteiger partial charge in [-0.1, -0.05) is 10.6 Å². The molecule has 1 fully saturated rings. The molecule has 1 saturated carbocycles. The van der Waals surface area contributed by atoms with Crippen LogP contribution in [0.2, 0.25) is 0 Å². The average molecular weight is 354 g/mol. The van der Waals surface area contributed by atoms with E-state index in [4.69, 9.17) is 5.10 Å². The number of rotatable bonds is 6. The van der Waals surface area contributed by atoms with E-state index in [1.165, 1.54) is 18.5 Å². The lowest BCUT2D eigenvalue weighted by Gasteiger charge is -2.07. The van der Waals surface area contributed by atoms with E-state index in [0.717, 1.165) is 22.9 Å². The van der Waals surface area contributed by atoms with Gasteiger partial charge in [0, 0.05) is 24.4 Å². The zero-order chi connectivity index (χ0) is 17.2. The lowest BCUT2D eigenvalue weighted by atomic mass is 10.2. The molecular formula is C17H18N6OS. The van der Waals surface area contributed by atoms with Crippen LogP contribution in [-0.4, -0.2) is 36.8 Å². The Morgan fingerprint density at radius 2 is 2.24 bits per heavy atom. The van der Waals surface area contributed by atoms with Crippen LogP contribution in [0.4, 0.5) is 0 Å². The van der Waals surface area contributed by atoms with Crippen molar-refractivity contribution in [3.8, 4) is 11.4 Å². The standard InChI is InChI=1S/C17H18N6OS/c1-11-16(25-22-20-11)17(24)19-8-9-23-15(12-5-6-12)10-14(21-23)13-4-2-3-7-18-13/h2-4,7,10,12H,5-6,8-9H2,1H3,(H,19,24). The number of aryl methyl sites for hydroxylation is 1. The van der Waals surface area contributed by atoms with Gasteiger partial charge in [-0.25, -0.2) is 0 Å². The summed E-state index contributed by atoms with van der Waals surface area (Å²) in [5, 5.41) is 11.5. The van der Waals surface area contributed by atoms with Gasteiger partial charge in [0.25, 0.3) is 5.91 Å². The molecule has 3 heterocycles. The van der Waals surface area contributed by atoms with Crippen molar-refractivity contribution in [2.45, 2.75) is 32.2 Å². The van der Waals surface area contributed by atoms with Crippen molar-refractivity contribution in [1.82, 2.24) is 29.7 Å². The maximum absolute atomic E-state index is 12.2. The van der Waals surface area contributed by atoms with E-state index >= 15 is 0 Å². The minimum atomic E-state index is -0.127. The van der Waals surface area contributed by atoms with E-state index in [1.54, 1.807) is 13.1 Å². The van der Waals surface area contributed by atoms with Crippen molar-refractivity contribution in [2.75, 3.05) is 6.54 Å². The first-order valence-corrected chi connectivity index (χ1v) is 9.06. The summed E-state index contributed by atoms with van der Waals surface area (Å²) in [5.41, 5.74) is 3.65. The Morgan fingerprint density at radius 3 is 2.92 bits per heavy atom. The number of carbonyl (C=O) groups is 1. The molecule has 25 heavy (non-hydrogen) atoms. The molecule has 1 amide bonds. The van der Waals surface area contributed by atoms with E-state index < -0.39 is 0 Å². The summed E-state index contributed by atoms with van der Waals surface area (Å²) >= 11 is 1.12. The van der Waals surface area contributed by atoms with Crippen LogP contribution < -0.4 is 5.32 Å². The predicted octanol–water partition coefficient (Wildman–Crippen LogP) is 2.41. The lowest BCUT2D eigenvalue weighted by molar-refractivity contribution is 0.0955. The highest BCUT2D eigenvalue weighted by Gasteiger charge is 2.28. The van der Waals surface area contributed by atoms with Gasteiger partial charge in [0.15, 0.2) is 0 Å². The monoisotopic (exact) mass is 354 g/mol. The van der Waals surface area contributed by atoms with Gasteiger partial charge in [0.1, 0.15) is 10.6 Å². The van der Waals surface area contributed by atoms with Gasteiger partial charge in [0.05, 0.1) is 17.9 Å². The second-order valence-corrected chi connectivity index (χ2v) is 6.86. The summed E-state index contributed by atoms with van der Waals surface area (Å²) in [6.45, 7) is 2.94. The molecule has 7 nitrogen and oxygen atoms in total. The second kappa shape index (κ2) is 6.72. The van der Waals surface area contributed by atoms with Gasteiger partial charge in [-0.2, -0.15) is 5.10 Å². The third-order valence-corrected chi connectivity index (χ3v) is 5.03. The highest BCUT2D eigenvalue weighted by atomic mass is 32.1. The van der Waals surface area contributed by atoms with Crippen molar-refractivity contribution in [3.05, 3.63) is 46.7 Å². The zero-order valence-electron chi connectivity index (χ0n) is 13.8. The first-order chi connectivity index (χ1) is 12.2. The van der Waals surface area contributed by atoms with Crippen LogP contribution in [0.5, 0.6) is 0 Å². The molecular weight excluding hydrogens is 336 g/mol. The van der Waals surface area contributed by atoms with Gasteiger partial charge in [0.2, 0.25) is 0 Å². The van der Waals surface area contributed by atoms with Crippen LogP contribution >= 0.6 is 11.5 Å². The number of hydrogen-bond acceptors (Lipinski definition) is 6. The Morgan fingerprint density at radius 1 is 1.36 bits per heavy atom. The highest BCUT2D eigenvalue weighted by molar-refractivity contribution is 7.07. The lowest BCUT2D eigenvalue weighted by Crippen LogP contribution is -2.27. The number of hydrogen-bond donors (Lipinski definition) is 1. The van der Waals surface area contributed by atoms with Crippen LogP contribution in [0.25, 0.3) is 11.4 Å². The summed E-state index contributed by atoms with van der Waals surface area (Å²) in [4.78, 5) is 17.1. The number of aromatic nitrogens is 5. The molecule has 0 unspecified atom stereocenters. The molecule has 0 aromatic carbocycles. The van der Waals surface area contributed by atoms with Crippen LogP contribution in [0.1, 0.15) is 39.8 Å². The molecule has 0 spiro atoms. The van der Waals surface area contributed by atoms with Crippen LogP contribution in [0, 0.1) is 6.92 Å². The summed E-state index contributed by atoms with van der Waals surface area (Å²) in [7, 11) is 0. The number of amides is 1. The SMILES string of the molecule is Cc1nnsc1C(=O)NCCn1nc(-c2ccccn2)cc1C1CC1. The minimum Gasteiger partial charge on any atom is -0.349 e. The Balaban J connectivity index is 1.46. The first-order valence-electron chi connectivity index (χ1n) is 8.28. The average Bonchev–Trinajstić information content (AvgIpc) is 3.24. The van der Waals surface area contributed by atoms with E-state index in [1.807, 2.05) is 22.9 Å². The zero-order valence-corrected chi connectivity index (χ0v) is 14.7. The van der Waals surface area contributed by atoms with Crippen molar-refractivity contribution >= 4 is 17.4 Å². The van der Waals surface area contributed by atoms with Gasteiger partial charge in [-0.05, 0) is 49.5 Å². The molecule has 3 aromatic heterocycles. The molecule has 0 radical (unpaired) electrons. The molecule has 0 aliphatic heterocycles. The van der Waals surface area contributed by atoms with Crippen molar-refractivity contribution in [2.24, 2.45) is 0 Å².